The standard InChI is InChI=1S/C17H11N3S2/c1-2-15(22-8-1)14-10-19-17(12-3-6-18-7-4-12)20-16(14)13-5-9-21-11-13/h1-11H. The Morgan fingerprint density at radius 2 is 1.82 bits per heavy atom. The molecule has 0 saturated carbocycles. The highest BCUT2D eigenvalue weighted by molar-refractivity contribution is 7.13. The molecule has 4 aromatic heterocycles. The van der Waals surface area contributed by atoms with E-state index in [1.807, 2.05) is 24.4 Å². The van der Waals surface area contributed by atoms with E-state index in [0.29, 0.717) is 0 Å². The second kappa shape index (κ2) is 5.79. The second-order valence-corrected chi connectivity index (χ2v) is 6.41. The van der Waals surface area contributed by atoms with E-state index in [1.165, 1.54) is 4.88 Å². The molecule has 0 fully saturated rings. The zero-order valence-corrected chi connectivity index (χ0v) is 13.1. The quantitative estimate of drug-likeness (QED) is 0.533. The molecule has 4 heterocycles. The minimum absolute atomic E-state index is 0.726. The number of hydrogen-bond donors (Lipinski definition) is 0. The first-order chi connectivity index (χ1) is 10.9. The fraction of sp³-hybridized carbons (Fsp3) is 0. The summed E-state index contributed by atoms with van der Waals surface area (Å²) in [6.07, 6.45) is 5.44. The van der Waals surface area contributed by atoms with Crippen LogP contribution in [0.1, 0.15) is 0 Å². The molecule has 0 atom stereocenters. The van der Waals surface area contributed by atoms with Gasteiger partial charge in [-0.15, -0.1) is 11.3 Å². The maximum Gasteiger partial charge on any atom is 0.159 e. The molecule has 4 aromatic rings. The van der Waals surface area contributed by atoms with E-state index in [4.69, 9.17) is 4.98 Å². The molecular weight excluding hydrogens is 310 g/mol. The molecule has 0 aliphatic carbocycles. The van der Waals surface area contributed by atoms with Crippen LogP contribution in [0.4, 0.5) is 0 Å². The number of rotatable bonds is 3. The van der Waals surface area contributed by atoms with Gasteiger partial charge in [0.05, 0.1) is 5.69 Å². The molecule has 5 heteroatoms. The van der Waals surface area contributed by atoms with Gasteiger partial charge in [0, 0.05) is 45.5 Å². The maximum absolute atomic E-state index is 4.82. The number of thiophene rings is 2. The summed E-state index contributed by atoms with van der Waals surface area (Å²) < 4.78 is 0. The summed E-state index contributed by atoms with van der Waals surface area (Å²) in [6.45, 7) is 0. The van der Waals surface area contributed by atoms with Gasteiger partial charge < -0.3 is 0 Å². The lowest BCUT2D eigenvalue weighted by molar-refractivity contribution is 1.18. The highest BCUT2D eigenvalue weighted by Gasteiger charge is 2.13. The van der Waals surface area contributed by atoms with Crippen LogP contribution in [0, 0.1) is 0 Å². The van der Waals surface area contributed by atoms with Gasteiger partial charge in [-0.3, -0.25) is 4.98 Å². The van der Waals surface area contributed by atoms with Gasteiger partial charge in [0.25, 0.3) is 0 Å². The summed E-state index contributed by atoms with van der Waals surface area (Å²) in [5.74, 6) is 0.726. The molecule has 0 saturated heterocycles. The predicted molar refractivity (Wildman–Crippen MR) is 91.9 cm³/mol. The Bertz CT molecular complexity index is 870. The second-order valence-electron chi connectivity index (χ2n) is 4.68. The largest absolute Gasteiger partial charge is 0.265 e. The topological polar surface area (TPSA) is 38.7 Å². The first-order valence-electron chi connectivity index (χ1n) is 6.76. The van der Waals surface area contributed by atoms with Gasteiger partial charge >= 0.3 is 0 Å². The summed E-state index contributed by atoms with van der Waals surface area (Å²) in [7, 11) is 0. The van der Waals surface area contributed by atoms with E-state index in [1.54, 1.807) is 35.1 Å². The SMILES string of the molecule is c1csc(-c2cnc(-c3ccncc3)nc2-c2ccsc2)c1. The molecule has 3 nitrogen and oxygen atoms in total. The van der Waals surface area contributed by atoms with E-state index in [9.17, 15) is 0 Å². The molecule has 0 aliphatic heterocycles. The van der Waals surface area contributed by atoms with Crippen molar-refractivity contribution in [1.29, 1.82) is 0 Å². The zero-order chi connectivity index (χ0) is 14.8. The van der Waals surface area contributed by atoms with Crippen LogP contribution in [0.3, 0.4) is 0 Å². The summed E-state index contributed by atoms with van der Waals surface area (Å²) in [5, 5.41) is 6.26. The number of aromatic nitrogens is 3. The van der Waals surface area contributed by atoms with Crippen LogP contribution in [0.2, 0.25) is 0 Å². The Kier molecular flexibility index (Phi) is 3.50. The van der Waals surface area contributed by atoms with Crippen LogP contribution in [-0.2, 0) is 0 Å². The van der Waals surface area contributed by atoms with Gasteiger partial charge in [-0.1, -0.05) is 6.07 Å². The number of pyridine rings is 1. The summed E-state index contributed by atoms with van der Waals surface area (Å²) in [4.78, 5) is 14.6. The summed E-state index contributed by atoms with van der Waals surface area (Å²) in [5.41, 5.74) is 4.16. The smallest absolute Gasteiger partial charge is 0.159 e. The van der Waals surface area contributed by atoms with Gasteiger partial charge in [-0.05, 0) is 35.0 Å². The Morgan fingerprint density at radius 1 is 0.909 bits per heavy atom. The van der Waals surface area contributed by atoms with Crippen LogP contribution >= 0.6 is 22.7 Å². The Morgan fingerprint density at radius 3 is 2.55 bits per heavy atom. The first-order valence-corrected chi connectivity index (χ1v) is 8.58. The van der Waals surface area contributed by atoms with E-state index in [-0.39, 0.29) is 0 Å². The van der Waals surface area contributed by atoms with Gasteiger partial charge in [0.1, 0.15) is 0 Å². The van der Waals surface area contributed by atoms with E-state index < -0.39 is 0 Å². The fourth-order valence-corrected chi connectivity index (χ4v) is 3.63. The average molecular weight is 321 g/mol. The molecule has 0 aliphatic rings. The molecule has 0 spiro atoms. The third-order valence-electron chi connectivity index (χ3n) is 3.31. The Hall–Kier alpha value is -2.37. The first kappa shape index (κ1) is 13.3. The molecule has 0 aromatic carbocycles. The molecule has 0 amide bonds. The molecular formula is C17H11N3S2. The van der Waals surface area contributed by atoms with Crippen molar-refractivity contribution in [1.82, 2.24) is 15.0 Å². The zero-order valence-electron chi connectivity index (χ0n) is 11.5. The van der Waals surface area contributed by atoms with Crippen molar-refractivity contribution in [2.75, 3.05) is 0 Å². The van der Waals surface area contributed by atoms with Crippen molar-refractivity contribution in [3.05, 3.63) is 65.1 Å². The maximum atomic E-state index is 4.82. The van der Waals surface area contributed by atoms with Crippen molar-refractivity contribution in [3.63, 3.8) is 0 Å². The van der Waals surface area contributed by atoms with Crippen LogP contribution in [-0.4, -0.2) is 15.0 Å². The van der Waals surface area contributed by atoms with Gasteiger partial charge in [0.2, 0.25) is 0 Å². The van der Waals surface area contributed by atoms with Crippen molar-refractivity contribution < 1.29 is 0 Å². The third-order valence-corrected chi connectivity index (χ3v) is 4.89. The monoisotopic (exact) mass is 321 g/mol. The molecule has 0 radical (unpaired) electrons. The normalized spacial score (nSPS) is 10.7. The van der Waals surface area contributed by atoms with E-state index in [2.05, 4.69) is 38.2 Å². The third kappa shape index (κ3) is 2.45. The Labute approximate surface area is 136 Å². The Balaban J connectivity index is 1.91. The highest BCUT2D eigenvalue weighted by atomic mass is 32.1. The van der Waals surface area contributed by atoms with E-state index >= 15 is 0 Å². The van der Waals surface area contributed by atoms with Crippen LogP contribution < -0.4 is 0 Å². The predicted octanol–water partition coefficient (Wildman–Crippen LogP) is 5.00. The van der Waals surface area contributed by atoms with E-state index in [0.717, 1.165) is 28.2 Å². The van der Waals surface area contributed by atoms with Crippen molar-refractivity contribution in [2.24, 2.45) is 0 Å². The lowest BCUT2D eigenvalue weighted by atomic mass is 10.1. The van der Waals surface area contributed by atoms with Gasteiger partial charge in [0.15, 0.2) is 5.82 Å². The molecule has 106 valence electrons. The number of nitrogens with zero attached hydrogens (tertiary/aromatic N) is 3. The summed E-state index contributed by atoms with van der Waals surface area (Å²) in [6, 6.07) is 10.1. The summed E-state index contributed by atoms with van der Waals surface area (Å²) >= 11 is 3.38. The van der Waals surface area contributed by atoms with Crippen molar-refractivity contribution >= 4 is 22.7 Å². The van der Waals surface area contributed by atoms with Gasteiger partial charge in [-0.25, -0.2) is 9.97 Å². The van der Waals surface area contributed by atoms with Gasteiger partial charge in [-0.2, -0.15) is 11.3 Å². The minimum Gasteiger partial charge on any atom is -0.265 e. The van der Waals surface area contributed by atoms with Crippen molar-refractivity contribution in [2.45, 2.75) is 0 Å². The van der Waals surface area contributed by atoms with Crippen molar-refractivity contribution in [3.8, 4) is 33.1 Å². The lowest BCUT2D eigenvalue weighted by Gasteiger charge is -2.08. The lowest BCUT2D eigenvalue weighted by Crippen LogP contribution is -1.94. The molecule has 0 bridgehead atoms. The number of hydrogen-bond acceptors (Lipinski definition) is 5. The molecule has 4 rings (SSSR count). The minimum atomic E-state index is 0.726. The molecule has 0 N–H and O–H groups in total. The average Bonchev–Trinajstić information content (AvgIpc) is 3.29. The highest BCUT2D eigenvalue weighted by Crippen LogP contribution is 2.34. The molecule has 22 heavy (non-hydrogen) atoms. The molecule has 0 unspecified atom stereocenters. The van der Waals surface area contributed by atoms with Crippen LogP contribution in [0.25, 0.3) is 33.1 Å². The van der Waals surface area contributed by atoms with Crippen LogP contribution in [0.15, 0.2) is 65.1 Å². The fourth-order valence-electron chi connectivity index (χ4n) is 2.25. The van der Waals surface area contributed by atoms with Crippen LogP contribution in [0.5, 0.6) is 0 Å².